The third kappa shape index (κ3) is 2.91. The Morgan fingerprint density at radius 1 is 1.47 bits per heavy atom. The molecule has 0 amide bonds. The summed E-state index contributed by atoms with van der Waals surface area (Å²) in [6.45, 7) is 2.23. The second kappa shape index (κ2) is 5.09. The quantitative estimate of drug-likeness (QED) is 0.452. The van der Waals surface area contributed by atoms with Gasteiger partial charge in [-0.25, -0.2) is 0 Å². The normalized spacial score (nSPS) is 18.1. The van der Waals surface area contributed by atoms with E-state index in [1.54, 1.807) is 6.07 Å². The number of carbonyl (C=O) groups excluding carboxylic acids is 1. The molecule has 1 saturated heterocycles. The molecule has 0 unspecified atom stereocenters. The van der Waals surface area contributed by atoms with Crippen molar-refractivity contribution in [3.8, 4) is 0 Å². The molecule has 1 aliphatic heterocycles. The molecule has 0 atom stereocenters. The summed E-state index contributed by atoms with van der Waals surface area (Å²) >= 11 is 0. The van der Waals surface area contributed by atoms with Crippen molar-refractivity contribution in [2.45, 2.75) is 19.4 Å². The Bertz CT molecular complexity index is 407. The Labute approximate surface area is 98.3 Å². The lowest BCUT2D eigenvalue weighted by Gasteiger charge is -2.28. The molecule has 1 aliphatic rings. The fraction of sp³-hybridized carbons (Fsp3) is 0.545. The van der Waals surface area contributed by atoms with Crippen LogP contribution in [0, 0.1) is 16.0 Å². The number of hydrogen-bond donors (Lipinski definition) is 0. The van der Waals surface area contributed by atoms with Crippen LogP contribution in [0.15, 0.2) is 16.5 Å². The van der Waals surface area contributed by atoms with E-state index in [2.05, 4.69) is 4.90 Å². The molecule has 1 aromatic heterocycles. The molecule has 2 heterocycles. The molecule has 2 rings (SSSR count). The summed E-state index contributed by atoms with van der Waals surface area (Å²) in [6.07, 6.45) is 2.72. The van der Waals surface area contributed by atoms with Gasteiger partial charge in [0.05, 0.1) is 12.6 Å². The monoisotopic (exact) mass is 238 g/mol. The fourth-order valence-corrected chi connectivity index (χ4v) is 2.02. The van der Waals surface area contributed by atoms with Gasteiger partial charge in [0.2, 0.25) is 0 Å². The second-order valence-corrected chi connectivity index (χ2v) is 4.25. The zero-order chi connectivity index (χ0) is 12.3. The minimum absolute atomic E-state index is 0.164. The number of furan rings is 1. The van der Waals surface area contributed by atoms with E-state index in [9.17, 15) is 14.9 Å². The molecule has 1 fully saturated rings. The third-order valence-corrected chi connectivity index (χ3v) is 3.03. The van der Waals surface area contributed by atoms with Gasteiger partial charge in [-0.3, -0.25) is 15.0 Å². The average molecular weight is 238 g/mol. The van der Waals surface area contributed by atoms with Crippen molar-refractivity contribution in [1.82, 2.24) is 4.90 Å². The second-order valence-electron chi connectivity index (χ2n) is 4.25. The summed E-state index contributed by atoms with van der Waals surface area (Å²) in [6, 6.07) is 3.00. The lowest BCUT2D eigenvalue weighted by Crippen LogP contribution is -2.33. The predicted octanol–water partition coefficient (Wildman–Crippen LogP) is 1.60. The topological polar surface area (TPSA) is 76.6 Å². The molecule has 0 radical (unpaired) electrons. The van der Waals surface area contributed by atoms with E-state index < -0.39 is 4.92 Å². The SMILES string of the molecule is O=CC1CCN(Cc2ccc([N+](=O)[O-])o2)CC1. The van der Waals surface area contributed by atoms with Crippen LogP contribution in [0.2, 0.25) is 0 Å². The molecular formula is C11H14N2O4. The number of aldehydes is 1. The van der Waals surface area contributed by atoms with Gasteiger partial charge in [0.15, 0.2) is 0 Å². The van der Waals surface area contributed by atoms with Crippen molar-refractivity contribution in [1.29, 1.82) is 0 Å². The highest BCUT2D eigenvalue weighted by atomic mass is 16.6. The molecule has 6 nitrogen and oxygen atoms in total. The molecule has 17 heavy (non-hydrogen) atoms. The number of carbonyl (C=O) groups is 1. The fourth-order valence-electron chi connectivity index (χ4n) is 2.02. The number of nitrogens with zero attached hydrogens (tertiary/aromatic N) is 2. The van der Waals surface area contributed by atoms with Gasteiger partial charge in [-0.05, 0) is 32.0 Å². The number of piperidine rings is 1. The van der Waals surface area contributed by atoms with E-state index in [1.165, 1.54) is 6.07 Å². The van der Waals surface area contributed by atoms with Gasteiger partial charge in [0.1, 0.15) is 17.0 Å². The van der Waals surface area contributed by atoms with Gasteiger partial charge in [-0.15, -0.1) is 0 Å². The number of likely N-dealkylation sites (tertiary alicyclic amines) is 1. The van der Waals surface area contributed by atoms with E-state index in [0.717, 1.165) is 32.2 Å². The van der Waals surface area contributed by atoms with Gasteiger partial charge < -0.3 is 9.21 Å². The first-order chi connectivity index (χ1) is 8.19. The number of rotatable bonds is 4. The number of hydrogen-bond acceptors (Lipinski definition) is 5. The highest BCUT2D eigenvalue weighted by Gasteiger charge is 2.20. The van der Waals surface area contributed by atoms with Crippen LogP contribution >= 0.6 is 0 Å². The Kier molecular flexibility index (Phi) is 3.53. The maximum atomic E-state index is 10.6. The molecular weight excluding hydrogens is 224 g/mol. The van der Waals surface area contributed by atoms with Crippen molar-refractivity contribution in [3.63, 3.8) is 0 Å². The Hall–Kier alpha value is -1.69. The average Bonchev–Trinajstić information content (AvgIpc) is 2.79. The minimum Gasteiger partial charge on any atom is -0.404 e. The third-order valence-electron chi connectivity index (χ3n) is 3.03. The van der Waals surface area contributed by atoms with Crippen LogP contribution < -0.4 is 0 Å². The zero-order valence-corrected chi connectivity index (χ0v) is 9.37. The highest BCUT2D eigenvalue weighted by Crippen LogP contribution is 2.20. The lowest BCUT2D eigenvalue weighted by molar-refractivity contribution is -0.402. The predicted molar refractivity (Wildman–Crippen MR) is 59.4 cm³/mol. The largest absolute Gasteiger partial charge is 0.433 e. The van der Waals surface area contributed by atoms with Crippen LogP contribution in [-0.2, 0) is 11.3 Å². The van der Waals surface area contributed by atoms with Crippen molar-refractivity contribution >= 4 is 12.2 Å². The Morgan fingerprint density at radius 3 is 2.71 bits per heavy atom. The van der Waals surface area contributed by atoms with Gasteiger partial charge >= 0.3 is 5.88 Å². The summed E-state index contributed by atoms with van der Waals surface area (Å²) < 4.78 is 5.09. The molecule has 0 aromatic carbocycles. The maximum absolute atomic E-state index is 10.6. The van der Waals surface area contributed by atoms with E-state index in [-0.39, 0.29) is 11.8 Å². The molecule has 0 N–H and O–H groups in total. The van der Waals surface area contributed by atoms with E-state index in [4.69, 9.17) is 4.42 Å². The Morgan fingerprint density at radius 2 is 2.18 bits per heavy atom. The molecule has 0 bridgehead atoms. The molecule has 1 aromatic rings. The smallest absolute Gasteiger partial charge is 0.404 e. The first-order valence-electron chi connectivity index (χ1n) is 5.60. The van der Waals surface area contributed by atoms with Gasteiger partial charge in [0, 0.05) is 5.92 Å². The summed E-state index contributed by atoms with van der Waals surface area (Å²) in [5.41, 5.74) is 0. The van der Waals surface area contributed by atoms with E-state index in [1.807, 2.05) is 0 Å². The molecule has 6 heteroatoms. The standard InChI is InChI=1S/C11H14N2O4/c14-8-9-3-5-12(6-4-9)7-10-1-2-11(17-10)13(15)16/h1-2,8-9H,3-7H2. The molecule has 0 spiro atoms. The molecule has 92 valence electrons. The molecule has 0 saturated carbocycles. The van der Waals surface area contributed by atoms with Crippen LogP contribution in [0.25, 0.3) is 0 Å². The summed E-state index contributed by atoms with van der Waals surface area (Å²) in [5, 5.41) is 10.4. The van der Waals surface area contributed by atoms with Crippen LogP contribution in [0.3, 0.4) is 0 Å². The van der Waals surface area contributed by atoms with Crippen molar-refractivity contribution in [3.05, 3.63) is 28.0 Å². The summed E-state index contributed by atoms with van der Waals surface area (Å²) in [5.74, 6) is 0.543. The van der Waals surface area contributed by atoms with Gasteiger partial charge in [-0.1, -0.05) is 0 Å². The van der Waals surface area contributed by atoms with Gasteiger partial charge in [0.25, 0.3) is 0 Å². The molecule has 0 aliphatic carbocycles. The van der Waals surface area contributed by atoms with Crippen LogP contribution in [-0.4, -0.2) is 29.2 Å². The minimum atomic E-state index is -0.540. The van der Waals surface area contributed by atoms with Crippen molar-refractivity contribution < 1.29 is 14.1 Å². The first kappa shape index (κ1) is 11.8. The Balaban J connectivity index is 1.88. The van der Waals surface area contributed by atoms with E-state index >= 15 is 0 Å². The van der Waals surface area contributed by atoms with Crippen LogP contribution in [0.5, 0.6) is 0 Å². The highest BCUT2D eigenvalue weighted by molar-refractivity contribution is 5.53. The van der Waals surface area contributed by atoms with Gasteiger partial charge in [-0.2, -0.15) is 0 Å². The lowest BCUT2D eigenvalue weighted by atomic mass is 9.99. The van der Waals surface area contributed by atoms with Crippen molar-refractivity contribution in [2.24, 2.45) is 5.92 Å². The van der Waals surface area contributed by atoms with Crippen molar-refractivity contribution in [2.75, 3.05) is 13.1 Å². The maximum Gasteiger partial charge on any atom is 0.433 e. The van der Waals surface area contributed by atoms with E-state index in [0.29, 0.717) is 12.3 Å². The zero-order valence-electron chi connectivity index (χ0n) is 9.37. The van der Waals surface area contributed by atoms with Crippen LogP contribution in [0.1, 0.15) is 18.6 Å². The van der Waals surface area contributed by atoms with Crippen LogP contribution in [0.4, 0.5) is 5.88 Å². The summed E-state index contributed by atoms with van der Waals surface area (Å²) in [7, 11) is 0. The first-order valence-corrected chi connectivity index (χ1v) is 5.60. The summed E-state index contributed by atoms with van der Waals surface area (Å²) in [4.78, 5) is 22.6. The number of nitro groups is 1.